The number of nitrogen functional groups attached to an aromatic ring is 1. The van der Waals surface area contributed by atoms with E-state index in [0.29, 0.717) is 34.5 Å². The van der Waals surface area contributed by atoms with Crippen molar-refractivity contribution in [1.29, 1.82) is 0 Å². The normalized spacial score (nSPS) is 11.5. The van der Waals surface area contributed by atoms with Gasteiger partial charge in [-0.1, -0.05) is 31.9 Å². The Morgan fingerprint density at radius 1 is 1.43 bits per heavy atom. The Hall–Kier alpha value is -1.13. The number of hydrogen-bond donors (Lipinski definition) is 1. The molecule has 0 heterocycles. The third kappa shape index (κ3) is 4.97. The van der Waals surface area contributed by atoms with Gasteiger partial charge in [0.25, 0.3) is 5.91 Å². The Balaban J connectivity index is 0.00000400. The van der Waals surface area contributed by atoms with Crippen LogP contribution in [0, 0.1) is 5.92 Å². The molecule has 6 heteroatoms. The van der Waals surface area contributed by atoms with Crippen molar-refractivity contribution in [3.05, 3.63) is 22.7 Å². The number of ether oxygens (including phenoxy) is 1. The van der Waals surface area contributed by atoms with Crippen LogP contribution in [0.1, 0.15) is 37.6 Å². The quantitative estimate of drug-likeness (QED) is 0.803. The van der Waals surface area contributed by atoms with Crippen molar-refractivity contribution >= 4 is 35.6 Å². The molecule has 1 unspecified atom stereocenters. The van der Waals surface area contributed by atoms with Crippen molar-refractivity contribution < 1.29 is 9.53 Å². The predicted molar refractivity (Wildman–Crippen MR) is 90.7 cm³/mol. The molecule has 0 saturated carbocycles. The number of anilines is 1. The number of rotatable bonds is 6. The van der Waals surface area contributed by atoms with Crippen molar-refractivity contribution in [3.63, 3.8) is 0 Å². The molecule has 1 aromatic rings. The minimum absolute atomic E-state index is 0. The highest BCUT2D eigenvalue weighted by Gasteiger charge is 2.21. The zero-order valence-corrected chi connectivity index (χ0v) is 14.6. The van der Waals surface area contributed by atoms with Crippen molar-refractivity contribution in [1.82, 2.24) is 4.90 Å². The Bertz CT molecular complexity index is 481. The second-order valence-electron chi connectivity index (χ2n) is 4.93. The van der Waals surface area contributed by atoms with Crippen LogP contribution in [0.4, 0.5) is 5.69 Å². The molecule has 0 bridgehead atoms. The van der Waals surface area contributed by atoms with Crippen LogP contribution >= 0.6 is 24.0 Å². The van der Waals surface area contributed by atoms with Crippen molar-refractivity contribution in [2.75, 3.05) is 25.9 Å². The number of amides is 1. The Labute approximate surface area is 138 Å². The van der Waals surface area contributed by atoms with Gasteiger partial charge in [-0.05, 0) is 18.9 Å². The first kappa shape index (κ1) is 19.9. The summed E-state index contributed by atoms with van der Waals surface area (Å²) in [6.45, 7) is 7.57. The van der Waals surface area contributed by atoms with Crippen LogP contribution < -0.4 is 10.5 Å². The molecule has 0 radical (unpaired) electrons. The number of benzene rings is 1. The monoisotopic (exact) mass is 334 g/mol. The fourth-order valence-electron chi connectivity index (χ4n) is 1.94. The van der Waals surface area contributed by atoms with E-state index in [-0.39, 0.29) is 18.3 Å². The van der Waals surface area contributed by atoms with E-state index in [9.17, 15) is 4.79 Å². The molecule has 0 fully saturated rings. The highest BCUT2D eigenvalue weighted by atomic mass is 35.5. The van der Waals surface area contributed by atoms with Gasteiger partial charge in [0.1, 0.15) is 5.75 Å². The van der Waals surface area contributed by atoms with E-state index in [1.54, 1.807) is 17.0 Å². The molecule has 0 aliphatic heterocycles. The van der Waals surface area contributed by atoms with E-state index < -0.39 is 0 Å². The topological polar surface area (TPSA) is 55.6 Å². The maximum absolute atomic E-state index is 12.6. The number of methoxy groups -OCH3 is 1. The lowest BCUT2D eigenvalue weighted by molar-refractivity contribution is 0.0737. The summed E-state index contributed by atoms with van der Waals surface area (Å²) in [5.41, 5.74) is 6.60. The summed E-state index contributed by atoms with van der Waals surface area (Å²) >= 11 is 6.02. The molecule has 0 aliphatic carbocycles. The van der Waals surface area contributed by atoms with Crippen molar-refractivity contribution in [3.8, 4) is 5.75 Å². The molecule has 1 amide bonds. The van der Waals surface area contributed by atoms with Gasteiger partial charge in [-0.3, -0.25) is 4.79 Å². The average molecular weight is 335 g/mol. The molecule has 1 rings (SSSR count). The molecule has 0 aliphatic rings. The summed E-state index contributed by atoms with van der Waals surface area (Å²) in [6, 6.07) is 3.17. The first-order valence-electron chi connectivity index (χ1n) is 6.86. The molecule has 21 heavy (non-hydrogen) atoms. The number of carbonyl (C=O) groups is 1. The van der Waals surface area contributed by atoms with Gasteiger partial charge in [-0.25, -0.2) is 0 Å². The number of hydrogen-bond acceptors (Lipinski definition) is 3. The van der Waals surface area contributed by atoms with Gasteiger partial charge >= 0.3 is 0 Å². The van der Waals surface area contributed by atoms with Crippen LogP contribution in [0.3, 0.4) is 0 Å². The van der Waals surface area contributed by atoms with Gasteiger partial charge in [0.2, 0.25) is 0 Å². The fraction of sp³-hybridized carbons (Fsp3) is 0.533. The van der Waals surface area contributed by atoms with Crippen molar-refractivity contribution in [2.45, 2.75) is 27.2 Å². The summed E-state index contributed by atoms with van der Waals surface area (Å²) in [5, 5.41) is 0.369. The second-order valence-corrected chi connectivity index (χ2v) is 5.34. The fourth-order valence-corrected chi connectivity index (χ4v) is 2.10. The maximum Gasteiger partial charge on any atom is 0.257 e. The molecule has 2 N–H and O–H groups in total. The highest BCUT2D eigenvalue weighted by molar-refractivity contribution is 6.33. The van der Waals surface area contributed by atoms with E-state index in [4.69, 9.17) is 22.1 Å². The summed E-state index contributed by atoms with van der Waals surface area (Å²) < 4.78 is 5.24. The first-order chi connectivity index (χ1) is 9.44. The molecule has 0 aromatic heterocycles. The lowest BCUT2D eigenvalue weighted by Crippen LogP contribution is -2.34. The van der Waals surface area contributed by atoms with Gasteiger partial charge in [-0.2, -0.15) is 0 Å². The van der Waals surface area contributed by atoms with Crippen LogP contribution in [0.2, 0.25) is 5.02 Å². The zero-order valence-electron chi connectivity index (χ0n) is 13.0. The first-order valence-corrected chi connectivity index (χ1v) is 7.24. The summed E-state index contributed by atoms with van der Waals surface area (Å²) in [5.74, 6) is 0.834. The molecular formula is C15H24Cl2N2O2. The second kappa shape index (κ2) is 9.00. The number of carbonyl (C=O) groups excluding carboxylic acids is 1. The Morgan fingerprint density at radius 2 is 2.05 bits per heavy atom. The molecular weight excluding hydrogens is 311 g/mol. The summed E-state index contributed by atoms with van der Waals surface area (Å²) in [6.07, 6.45) is 1.03. The zero-order chi connectivity index (χ0) is 15.3. The average Bonchev–Trinajstić information content (AvgIpc) is 2.45. The van der Waals surface area contributed by atoms with E-state index in [0.717, 1.165) is 13.0 Å². The molecule has 0 saturated heterocycles. The molecule has 120 valence electrons. The van der Waals surface area contributed by atoms with Gasteiger partial charge in [0, 0.05) is 19.2 Å². The van der Waals surface area contributed by atoms with Gasteiger partial charge in [0.05, 0.1) is 23.4 Å². The van der Waals surface area contributed by atoms with Crippen LogP contribution in [0.25, 0.3) is 0 Å². The largest absolute Gasteiger partial charge is 0.496 e. The SMILES string of the molecule is CCC(C)CN(CC)C(=O)c1cc(Cl)c(N)cc1OC.Cl. The lowest BCUT2D eigenvalue weighted by Gasteiger charge is -2.25. The van der Waals surface area contributed by atoms with Gasteiger partial charge in [0.15, 0.2) is 0 Å². The molecule has 1 aromatic carbocycles. The minimum Gasteiger partial charge on any atom is -0.496 e. The Kier molecular flexibility index (Phi) is 8.52. The minimum atomic E-state index is -0.0773. The number of halogens is 2. The van der Waals surface area contributed by atoms with E-state index >= 15 is 0 Å². The molecule has 0 spiro atoms. The van der Waals surface area contributed by atoms with E-state index in [1.807, 2.05) is 6.92 Å². The standard InChI is InChI=1S/C15H23ClN2O2.ClH/c1-5-10(3)9-18(6-2)15(19)11-7-12(16)13(17)8-14(11)20-4;/h7-8,10H,5-6,9,17H2,1-4H3;1H. The third-order valence-electron chi connectivity index (χ3n) is 3.45. The van der Waals surface area contributed by atoms with Crippen LogP contribution in [0.5, 0.6) is 5.75 Å². The van der Waals surface area contributed by atoms with Gasteiger partial charge in [-0.15, -0.1) is 12.4 Å². The molecule has 4 nitrogen and oxygen atoms in total. The predicted octanol–water partition coefficient (Wildman–Crippen LogP) is 3.86. The van der Waals surface area contributed by atoms with Crippen LogP contribution in [-0.2, 0) is 0 Å². The smallest absolute Gasteiger partial charge is 0.257 e. The maximum atomic E-state index is 12.6. The summed E-state index contributed by atoms with van der Waals surface area (Å²) in [7, 11) is 1.52. The number of nitrogens with zero attached hydrogens (tertiary/aromatic N) is 1. The highest BCUT2D eigenvalue weighted by Crippen LogP contribution is 2.29. The molecule has 1 atom stereocenters. The van der Waals surface area contributed by atoms with Crippen LogP contribution in [-0.4, -0.2) is 31.0 Å². The lowest BCUT2D eigenvalue weighted by atomic mass is 10.1. The third-order valence-corrected chi connectivity index (χ3v) is 3.77. The summed E-state index contributed by atoms with van der Waals surface area (Å²) in [4.78, 5) is 14.4. The van der Waals surface area contributed by atoms with E-state index in [1.165, 1.54) is 7.11 Å². The Morgan fingerprint density at radius 3 is 2.52 bits per heavy atom. The van der Waals surface area contributed by atoms with Crippen molar-refractivity contribution in [2.24, 2.45) is 5.92 Å². The van der Waals surface area contributed by atoms with E-state index in [2.05, 4.69) is 13.8 Å². The van der Waals surface area contributed by atoms with Gasteiger partial charge < -0.3 is 15.4 Å². The number of nitrogens with two attached hydrogens (primary N) is 1. The van der Waals surface area contributed by atoms with Crippen LogP contribution in [0.15, 0.2) is 12.1 Å².